The molecule has 3 aromatic rings. The van der Waals surface area contributed by atoms with Crippen molar-refractivity contribution in [3.8, 4) is 11.5 Å². The minimum absolute atomic E-state index is 0.0394. The first-order chi connectivity index (χ1) is 17.4. The number of Topliss-reactive ketones (excluding diaryl/α,β-unsaturated/α-hetero) is 1. The Balaban J connectivity index is 1.75. The zero-order valence-electron chi connectivity index (χ0n) is 20.8. The SMILES string of the molecule is CCCOc1ccc(C2C(=C([O-])c3ccc(C)cc3)C(=O)C(=O)N2CCC[n+]2cc[nH]c2)cc1OC. The highest BCUT2D eigenvalue weighted by molar-refractivity contribution is 6.46. The zero-order valence-corrected chi connectivity index (χ0v) is 20.8. The summed E-state index contributed by atoms with van der Waals surface area (Å²) >= 11 is 0. The summed E-state index contributed by atoms with van der Waals surface area (Å²) in [6, 6.07) is 11.5. The molecule has 8 nitrogen and oxygen atoms in total. The number of nitrogens with one attached hydrogen (secondary N) is 1. The number of methoxy groups -OCH3 is 1. The number of H-pyrrole nitrogens is 1. The molecule has 1 aromatic heterocycles. The van der Waals surface area contributed by atoms with Crippen molar-refractivity contribution in [2.45, 2.75) is 39.3 Å². The molecule has 8 heteroatoms. The smallest absolute Gasteiger partial charge is 0.295 e. The molecule has 1 aliphatic heterocycles. The molecule has 36 heavy (non-hydrogen) atoms. The monoisotopic (exact) mass is 489 g/mol. The second-order valence-electron chi connectivity index (χ2n) is 8.80. The highest BCUT2D eigenvalue weighted by Gasteiger charge is 2.44. The van der Waals surface area contributed by atoms with Gasteiger partial charge in [-0.3, -0.25) is 14.6 Å². The molecule has 0 saturated carbocycles. The Morgan fingerprint density at radius 1 is 1.14 bits per heavy atom. The van der Waals surface area contributed by atoms with Gasteiger partial charge in [-0.1, -0.05) is 48.6 Å². The zero-order chi connectivity index (χ0) is 25.7. The fraction of sp³-hybridized carbons (Fsp3) is 0.321. The van der Waals surface area contributed by atoms with Gasteiger partial charge in [-0.2, -0.15) is 0 Å². The van der Waals surface area contributed by atoms with Crippen LogP contribution in [0.4, 0.5) is 0 Å². The van der Waals surface area contributed by atoms with Crippen molar-refractivity contribution in [3.63, 3.8) is 0 Å². The highest BCUT2D eigenvalue weighted by Crippen LogP contribution is 2.41. The maximum Gasteiger partial charge on any atom is 0.295 e. The molecule has 0 spiro atoms. The summed E-state index contributed by atoms with van der Waals surface area (Å²) in [6.45, 7) is 5.44. The second-order valence-corrected chi connectivity index (χ2v) is 8.80. The number of likely N-dealkylation sites (tertiary alicyclic amines) is 1. The van der Waals surface area contributed by atoms with Crippen molar-refractivity contribution in [1.82, 2.24) is 9.88 Å². The lowest BCUT2D eigenvalue weighted by Crippen LogP contribution is -2.36. The van der Waals surface area contributed by atoms with Crippen LogP contribution in [0.2, 0.25) is 0 Å². The Morgan fingerprint density at radius 2 is 1.92 bits per heavy atom. The van der Waals surface area contributed by atoms with Crippen molar-refractivity contribution in [3.05, 3.63) is 83.4 Å². The van der Waals surface area contributed by atoms with E-state index in [4.69, 9.17) is 9.47 Å². The number of hydrogen-bond donors (Lipinski definition) is 1. The number of imidazole rings is 1. The number of hydrogen-bond acceptors (Lipinski definition) is 5. The van der Waals surface area contributed by atoms with Gasteiger partial charge in [-0.25, -0.2) is 4.57 Å². The number of benzene rings is 2. The van der Waals surface area contributed by atoms with Crippen LogP contribution in [-0.4, -0.2) is 41.8 Å². The Kier molecular flexibility index (Phi) is 7.73. The number of carbonyl (C=O) groups excluding carboxylic acids is 2. The predicted octanol–water partition coefficient (Wildman–Crippen LogP) is 2.72. The first kappa shape index (κ1) is 25.0. The standard InChI is InChI=1S/C28H31N3O5/c1-4-16-36-22-11-10-21(17-23(22)35-3)25-24(26(32)20-8-6-19(2)7-9-20)27(33)28(34)31(25)14-5-13-30-15-12-29-18-30/h6-12,15,17-18,25H,4-5,13-14,16H2,1-3H3,(H,32,33). The molecule has 0 radical (unpaired) electrons. The van der Waals surface area contributed by atoms with Crippen LogP contribution < -0.4 is 19.1 Å². The van der Waals surface area contributed by atoms with E-state index in [1.165, 1.54) is 12.0 Å². The Labute approximate surface area is 210 Å². The maximum absolute atomic E-state index is 13.6. The van der Waals surface area contributed by atoms with Gasteiger partial charge < -0.3 is 19.5 Å². The number of nitrogens with zero attached hydrogens (tertiary/aromatic N) is 2. The number of aromatic nitrogens is 2. The molecule has 1 saturated heterocycles. The van der Waals surface area contributed by atoms with Crippen LogP contribution >= 0.6 is 0 Å². The summed E-state index contributed by atoms with van der Waals surface area (Å²) in [5, 5.41) is 13.6. The number of ketones is 1. The largest absolute Gasteiger partial charge is 0.872 e. The van der Waals surface area contributed by atoms with E-state index in [0.717, 1.165) is 12.0 Å². The summed E-state index contributed by atoms with van der Waals surface area (Å²) in [5.74, 6) is -0.811. The van der Waals surface area contributed by atoms with Gasteiger partial charge in [0, 0.05) is 18.5 Å². The quantitative estimate of drug-likeness (QED) is 0.204. The van der Waals surface area contributed by atoms with Crippen molar-refractivity contribution in [1.29, 1.82) is 0 Å². The minimum atomic E-state index is -0.816. The number of ether oxygens (including phenoxy) is 2. The van der Waals surface area contributed by atoms with Crippen molar-refractivity contribution >= 4 is 17.4 Å². The Bertz CT molecular complexity index is 1250. The van der Waals surface area contributed by atoms with E-state index in [2.05, 4.69) is 4.98 Å². The highest BCUT2D eigenvalue weighted by atomic mass is 16.5. The number of rotatable bonds is 10. The van der Waals surface area contributed by atoms with E-state index in [9.17, 15) is 14.7 Å². The third-order valence-corrected chi connectivity index (χ3v) is 6.23. The van der Waals surface area contributed by atoms with Crippen LogP contribution in [-0.2, 0) is 16.1 Å². The molecule has 0 aliphatic carbocycles. The first-order valence-electron chi connectivity index (χ1n) is 12.1. The molecule has 4 rings (SSSR count). The number of carbonyl (C=O) groups is 2. The van der Waals surface area contributed by atoms with Gasteiger partial charge in [0.1, 0.15) is 12.4 Å². The van der Waals surface area contributed by atoms with Gasteiger partial charge in [0.2, 0.25) is 12.1 Å². The summed E-state index contributed by atoms with van der Waals surface area (Å²) in [6.07, 6.45) is 6.98. The normalized spacial score (nSPS) is 17.0. The predicted molar refractivity (Wildman–Crippen MR) is 132 cm³/mol. The van der Waals surface area contributed by atoms with Crippen molar-refractivity contribution in [2.24, 2.45) is 0 Å². The topological polar surface area (TPSA) is 98.6 Å². The van der Waals surface area contributed by atoms with E-state index in [0.29, 0.717) is 48.7 Å². The van der Waals surface area contributed by atoms with Crippen molar-refractivity contribution in [2.75, 3.05) is 20.3 Å². The lowest BCUT2D eigenvalue weighted by atomic mass is 9.94. The van der Waals surface area contributed by atoms with Crippen molar-refractivity contribution < 1.29 is 28.7 Å². The fourth-order valence-corrected chi connectivity index (χ4v) is 4.38. The fourth-order valence-electron chi connectivity index (χ4n) is 4.38. The van der Waals surface area contributed by atoms with Gasteiger partial charge in [0.15, 0.2) is 11.5 Å². The molecule has 1 amide bonds. The van der Waals surface area contributed by atoms with Crippen LogP contribution in [0.25, 0.3) is 5.76 Å². The van der Waals surface area contributed by atoms with Gasteiger partial charge >= 0.3 is 0 Å². The average Bonchev–Trinajstić information content (AvgIpc) is 3.49. The molecule has 0 bridgehead atoms. The lowest BCUT2D eigenvalue weighted by Gasteiger charge is -2.28. The molecule has 1 unspecified atom stereocenters. The Morgan fingerprint density at radius 3 is 2.58 bits per heavy atom. The van der Waals surface area contributed by atoms with Gasteiger partial charge in [-0.15, -0.1) is 0 Å². The van der Waals surface area contributed by atoms with Crippen LogP contribution in [0, 0.1) is 6.92 Å². The maximum atomic E-state index is 13.6. The average molecular weight is 490 g/mol. The van der Waals surface area contributed by atoms with E-state index in [1.54, 1.807) is 30.3 Å². The lowest BCUT2D eigenvalue weighted by molar-refractivity contribution is -0.695. The van der Waals surface area contributed by atoms with E-state index >= 15 is 0 Å². The van der Waals surface area contributed by atoms with E-state index in [1.807, 2.05) is 49.3 Å². The number of aromatic amines is 1. The number of aryl methyl sites for hydroxylation is 2. The summed E-state index contributed by atoms with van der Waals surface area (Å²) in [4.78, 5) is 30.9. The third kappa shape index (κ3) is 5.12. The number of amides is 1. The minimum Gasteiger partial charge on any atom is -0.872 e. The molecule has 1 atom stereocenters. The van der Waals surface area contributed by atoms with Crippen LogP contribution in [0.15, 0.2) is 66.8 Å². The van der Waals surface area contributed by atoms with E-state index in [-0.39, 0.29) is 5.57 Å². The molecule has 1 aliphatic rings. The summed E-state index contributed by atoms with van der Waals surface area (Å²) in [5.41, 5.74) is 1.96. The molecular weight excluding hydrogens is 458 g/mol. The van der Waals surface area contributed by atoms with E-state index < -0.39 is 23.5 Å². The first-order valence-corrected chi connectivity index (χ1v) is 12.1. The second kappa shape index (κ2) is 11.1. The summed E-state index contributed by atoms with van der Waals surface area (Å²) < 4.78 is 13.3. The molecule has 2 heterocycles. The molecule has 2 aromatic carbocycles. The summed E-state index contributed by atoms with van der Waals surface area (Å²) in [7, 11) is 1.54. The molecule has 1 N–H and O–H groups in total. The molecule has 1 fully saturated rings. The third-order valence-electron chi connectivity index (χ3n) is 6.23. The van der Waals surface area contributed by atoms with Crippen LogP contribution in [0.5, 0.6) is 11.5 Å². The Hall–Kier alpha value is -4.07. The van der Waals surface area contributed by atoms with Gasteiger partial charge in [-0.05, 0) is 36.6 Å². The van der Waals surface area contributed by atoms with Gasteiger partial charge in [0.05, 0.1) is 26.3 Å². The van der Waals surface area contributed by atoms with Crippen LogP contribution in [0.3, 0.4) is 0 Å². The molecule has 188 valence electrons. The molecular formula is C28H31N3O5. The van der Waals surface area contributed by atoms with Gasteiger partial charge in [0.25, 0.3) is 5.91 Å². The van der Waals surface area contributed by atoms with Crippen LogP contribution in [0.1, 0.15) is 42.5 Å².